The van der Waals surface area contributed by atoms with E-state index in [2.05, 4.69) is 54.8 Å². The standard InChI is InChI=1S/C18H25N3/c1-5-8-15(7-3)16-9-13(4)19-12-17(16)18-20-10-14(6-2)11-21-18/h5,8,10-12,15-16H,6-7,9H2,1-4H3. The van der Waals surface area contributed by atoms with Crippen LogP contribution in [0.25, 0.3) is 5.57 Å². The van der Waals surface area contributed by atoms with Gasteiger partial charge in [0.05, 0.1) is 0 Å². The van der Waals surface area contributed by atoms with Crippen LogP contribution in [0.1, 0.15) is 51.9 Å². The first-order chi connectivity index (χ1) is 10.2. The van der Waals surface area contributed by atoms with Crippen LogP contribution in [0.3, 0.4) is 0 Å². The van der Waals surface area contributed by atoms with E-state index < -0.39 is 0 Å². The summed E-state index contributed by atoms with van der Waals surface area (Å²) in [6.07, 6.45) is 13.4. The summed E-state index contributed by atoms with van der Waals surface area (Å²) in [6.45, 7) is 8.55. The van der Waals surface area contributed by atoms with E-state index in [1.165, 1.54) is 16.8 Å². The van der Waals surface area contributed by atoms with Crippen molar-refractivity contribution in [3.8, 4) is 0 Å². The lowest BCUT2D eigenvalue weighted by Gasteiger charge is -2.28. The Balaban J connectivity index is 2.35. The largest absolute Gasteiger partial charge is 0.266 e. The first-order valence-corrected chi connectivity index (χ1v) is 7.87. The molecule has 0 amide bonds. The average Bonchev–Trinajstić information content (AvgIpc) is 2.52. The number of aliphatic imine (C=N–C) groups is 1. The molecule has 0 N–H and O–H groups in total. The number of aromatic nitrogens is 2. The number of hydrogen-bond donors (Lipinski definition) is 0. The van der Waals surface area contributed by atoms with Gasteiger partial charge in [0.15, 0.2) is 5.82 Å². The van der Waals surface area contributed by atoms with Crippen molar-refractivity contribution in [1.82, 2.24) is 9.97 Å². The van der Waals surface area contributed by atoms with Gasteiger partial charge in [-0.25, -0.2) is 9.97 Å². The van der Waals surface area contributed by atoms with Gasteiger partial charge in [-0.3, -0.25) is 4.99 Å². The van der Waals surface area contributed by atoms with Gasteiger partial charge in [0, 0.05) is 35.8 Å². The molecule has 1 aliphatic rings. The summed E-state index contributed by atoms with van der Waals surface area (Å²) in [5, 5.41) is 0. The highest BCUT2D eigenvalue weighted by Crippen LogP contribution is 2.35. The van der Waals surface area contributed by atoms with Crippen molar-refractivity contribution in [3.05, 3.63) is 42.1 Å². The fourth-order valence-corrected chi connectivity index (χ4v) is 2.85. The zero-order valence-electron chi connectivity index (χ0n) is 13.5. The predicted octanol–water partition coefficient (Wildman–Crippen LogP) is 4.46. The first kappa shape index (κ1) is 15.6. The molecule has 0 saturated carbocycles. The summed E-state index contributed by atoms with van der Waals surface area (Å²) in [4.78, 5) is 13.6. The summed E-state index contributed by atoms with van der Waals surface area (Å²) in [5.41, 5.74) is 3.54. The molecule has 0 aliphatic carbocycles. The number of allylic oxidation sites excluding steroid dienone is 3. The Morgan fingerprint density at radius 2 is 2.00 bits per heavy atom. The molecule has 0 saturated heterocycles. The van der Waals surface area contributed by atoms with Crippen LogP contribution in [0, 0.1) is 11.8 Å². The van der Waals surface area contributed by atoms with E-state index in [1.54, 1.807) is 0 Å². The molecule has 2 atom stereocenters. The van der Waals surface area contributed by atoms with Crippen molar-refractivity contribution >= 4 is 11.3 Å². The minimum Gasteiger partial charge on any atom is -0.266 e. The van der Waals surface area contributed by atoms with Crippen LogP contribution < -0.4 is 0 Å². The van der Waals surface area contributed by atoms with Crippen LogP contribution in [0.4, 0.5) is 0 Å². The maximum atomic E-state index is 4.55. The Morgan fingerprint density at radius 1 is 1.29 bits per heavy atom. The minimum atomic E-state index is 0.427. The van der Waals surface area contributed by atoms with Crippen molar-refractivity contribution in [2.45, 2.75) is 47.0 Å². The van der Waals surface area contributed by atoms with E-state index in [0.29, 0.717) is 11.8 Å². The second kappa shape index (κ2) is 7.30. The third kappa shape index (κ3) is 3.66. The normalized spacial score (nSPS) is 20.3. The number of hydrogen-bond acceptors (Lipinski definition) is 3. The summed E-state index contributed by atoms with van der Waals surface area (Å²) in [6, 6.07) is 0. The molecule has 2 unspecified atom stereocenters. The molecule has 0 spiro atoms. The van der Waals surface area contributed by atoms with Gasteiger partial charge >= 0.3 is 0 Å². The lowest BCUT2D eigenvalue weighted by molar-refractivity contribution is 0.481. The average molecular weight is 283 g/mol. The lowest BCUT2D eigenvalue weighted by atomic mass is 9.79. The Labute approximate surface area is 127 Å². The topological polar surface area (TPSA) is 38.1 Å². The van der Waals surface area contributed by atoms with Gasteiger partial charge < -0.3 is 0 Å². The maximum Gasteiger partial charge on any atom is 0.156 e. The maximum absolute atomic E-state index is 4.55. The Hall–Kier alpha value is -1.77. The fraction of sp³-hybridized carbons (Fsp3) is 0.500. The van der Waals surface area contributed by atoms with Crippen LogP contribution in [0.15, 0.2) is 35.7 Å². The van der Waals surface area contributed by atoms with Crippen LogP contribution in [0.2, 0.25) is 0 Å². The zero-order chi connectivity index (χ0) is 15.2. The first-order valence-electron chi connectivity index (χ1n) is 7.87. The SMILES string of the molecule is CC=CC(CC)C1CC(C)=NC=C1c1ncc(CC)cn1. The minimum absolute atomic E-state index is 0.427. The third-order valence-electron chi connectivity index (χ3n) is 4.14. The molecular formula is C18H25N3. The predicted molar refractivity (Wildman–Crippen MR) is 89.2 cm³/mol. The highest BCUT2D eigenvalue weighted by Gasteiger charge is 2.27. The van der Waals surface area contributed by atoms with Gasteiger partial charge in [-0.2, -0.15) is 0 Å². The number of aryl methyl sites for hydroxylation is 1. The molecule has 0 radical (unpaired) electrons. The van der Waals surface area contributed by atoms with Gasteiger partial charge in [0.1, 0.15) is 0 Å². The highest BCUT2D eigenvalue weighted by atomic mass is 14.9. The summed E-state index contributed by atoms with van der Waals surface area (Å²) in [7, 11) is 0. The molecule has 3 nitrogen and oxygen atoms in total. The van der Waals surface area contributed by atoms with Gasteiger partial charge in [-0.05, 0) is 44.6 Å². The van der Waals surface area contributed by atoms with Crippen molar-refractivity contribution in [1.29, 1.82) is 0 Å². The molecule has 1 aromatic heterocycles. The fourth-order valence-electron chi connectivity index (χ4n) is 2.85. The molecule has 21 heavy (non-hydrogen) atoms. The van der Waals surface area contributed by atoms with Crippen molar-refractivity contribution in [2.24, 2.45) is 16.8 Å². The monoisotopic (exact) mass is 283 g/mol. The molecule has 112 valence electrons. The zero-order valence-corrected chi connectivity index (χ0v) is 13.5. The van der Waals surface area contributed by atoms with Crippen molar-refractivity contribution < 1.29 is 0 Å². The van der Waals surface area contributed by atoms with E-state index in [0.717, 1.165) is 25.1 Å². The molecule has 0 bridgehead atoms. The van der Waals surface area contributed by atoms with E-state index in [-0.39, 0.29) is 0 Å². The van der Waals surface area contributed by atoms with E-state index in [9.17, 15) is 0 Å². The van der Waals surface area contributed by atoms with Crippen LogP contribution >= 0.6 is 0 Å². The highest BCUT2D eigenvalue weighted by molar-refractivity contribution is 5.87. The van der Waals surface area contributed by atoms with E-state index in [4.69, 9.17) is 0 Å². The van der Waals surface area contributed by atoms with Gasteiger partial charge in [0.25, 0.3) is 0 Å². The molecule has 3 heteroatoms. The Kier molecular flexibility index (Phi) is 5.43. The molecule has 0 aromatic carbocycles. The molecule has 0 fully saturated rings. The summed E-state index contributed by atoms with van der Waals surface area (Å²) in [5.74, 6) is 1.77. The Bertz CT molecular complexity index is 552. The van der Waals surface area contributed by atoms with Crippen LogP contribution in [-0.4, -0.2) is 15.7 Å². The molecule has 2 heterocycles. The van der Waals surface area contributed by atoms with Crippen LogP contribution in [-0.2, 0) is 6.42 Å². The second-order valence-electron chi connectivity index (χ2n) is 5.63. The number of rotatable bonds is 5. The third-order valence-corrected chi connectivity index (χ3v) is 4.14. The summed E-state index contributed by atoms with van der Waals surface area (Å²) >= 11 is 0. The number of nitrogens with zero attached hydrogens (tertiary/aromatic N) is 3. The van der Waals surface area contributed by atoms with Crippen LogP contribution in [0.5, 0.6) is 0 Å². The van der Waals surface area contributed by atoms with E-state index in [1.807, 2.05) is 18.6 Å². The molecule has 2 rings (SSSR count). The van der Waals surface area contributed by atoms with Gasteiger partial charge in [-0.15, -0.1) is 0 Å². The quantitative estimate of drug-likeness (QED) is 0.748. The van der Waals surface area contributed by atoms with Gasteiger partial charge in [0.2, 0.25) is 0 Å². The van der Waals surface area contributed by atoms with Gasteiger partial charge in [-0.1, -0.05) is 26.0 Å². The second-order valence-corrected chi connectivity index (χ2v) is 5.63. The van der Waals surface area contributed by atoms with Crippen molar-refractivity contribution in [3.63, 3.8) is 0 Å². The molecule has 1 aromatic rings. The van der Waals surface area contributed by atoms with Crippen molar-refractivity contribution in [2.75, 3.05) is 0 Å². The summed E-state index contributed by atoms with van der Waals surface area (Å²) < 4.78 is 0. The lowest BCUT2D eigenvalue weighted by Crippen LogP contribution is -2.21. The molecular weight excluding hydrogens is 258 g/mol. The van der Waals surface area contributed by atoms with E-state index >= 15 is 0 Å². The Morgan fingerprint density at radius 3 is 2.57 bits per heavy atom. The molecule has 1 aliphatic heterocycles. The smallest absolute Gasteiger partial charge is 0.156 e.